The van der Waals surface area contributed by atoms with E-state index in [-0.39, 0.29) is 10.2 Å². The predicted molar refractivity (Wildman–Crippen MR) is 80.0 cm³/mol. The molecule has 0 aliphatic carbocycles. The molecule has 0 bridgehead atoms. The van der Waals surface area contributed by atoms with Crippen molar-refractivity contribution in [2.24, 2.45) is 5.92 Å². The fraction of sp³-hybridized carbons (Fsp3) is 0.308. The Morgan fingerprint density at radius 2 is 2.25 bits per heavy atom. The van der Waals surface area contributed by atoms with Crippen molar-refractivity contribution in [3.05, 3.63) is 29.1 Å². The number of hydrogen-bond acceptors (Lipinski definition) is 5. The van der Waals surface area contributed by atoms with Gasteiger partial charge in [-0.15, -0.1) is 0 Å². The van der Waals surface area contributed by atoms with Crippen LogP contribution in [-0.4, -0.2) is 32.2 Å². The molecule has 1 fully saturated rings. The summed E-state index contributed by atoms with van der Waals surface area (Å²) < 4.78 is 5.41. The number of carboxylic acids is 1. The van der Waals surface area contributed by atoms with Crippen LogP contribution in [0, 0.1) is 5.92 Å². The van der Waals surface area contributed by atoms with Crippen molar-refractivity contribution < 1.29 is 19.1 Å². The van der Waals surface area contributed by atoms with Gasteiger partial charge in [-0.3, -0.25) is 9.69 Å². The summed E-state index contributed by atoms with van der Waals surface area (Å²) in [5.74, 6) is -1.16. The van der Waals surface area contributed by atoms with Crippen LogP contribution in [0.1, 0.15) is 19.6 Å². The van der Waals surface area contributed by atoms with Crippen LogP contribution in [-0.2, 0) is 9.59 Å². The molecule has 20 heavy (non-hydrogen) atoms. The minimum atomic E-state index is -1.06. The number of nitrogens with zero attached hydrogens (tertiary/aromatic N) is 1. The second kappa shape index (κ2) is 5.80. The highest BCUT2D eigenvalue weighted by atomic mass is 32.2. The standard InChI is InChI=1S/C13H13NO4S2/c1-7(2)10(12(16)17)14-11(15)9(20-13(14)19)6-8-4-3-5-18-8/h3-7,10H,1-2H3,(H,16,17)/t10-/m1/s1. The van der Waals surface area contributed by atoms with Gasteiger partial charge in [0.1, 0.15) is 16.1 Å². The zero-order chi connectivity index (χ0) is 14.9. The lowest BCUT2D eigenvalue weighted by atomic mass is 10.0. The first-order valence-corrected chi connectivity index (χ1v) is 7.17. The number of rotatable bonds is 4. The van der Waals surface area contributed by atoms with Crippen LogP contribution < -0.4 is 0 Å². The molecular weight excluding hydrogens is 298 g/mol. The third-order valence-electron chi connectivity index (χ3n) is 2.80. The van der Waals surface area contributed by atoms with Gasteiger partial charge in [0.25, 0.3) is 5.91 Å². The predicted octanol–water partition coefficient (Wildman–Crippen LogP) is 2.59. The molecule has 2 heterocycles. The van der Waals surface area contributed by atoms with Crippen LogP contribution in [0.4, 0.5) is 0 Å². The molecule has 0 unspecified atom stereocenters. The van der Waals surface area contributed by atoms with E-state index >= 15 is 0 Å². The van der Waals surface area contributed by atoms with Crippen LogP contribution in [0.15, 0.2) is 27.7 Å². The molecule has 1 saturated heterocycles. The third-order valence-corrected chi connectivity index (χ3v) is 4.13. The summed E-state index contributed by atoms with van der Waals surface area (Å²) in [5.41, 5.74) is 0. The number of carbonyl (C=O) groups excluding carboxylic acids is 1. The first kappa shape index (κ1) is 14.8. The monoisotopic (exact) mass is 311 g/mol. The molecule has 0 spiro atoms. The van der Waals surface area contributed by atoms with Gasteiger partial charge in [-0.1, -0.05) is 37.8 Å². The van der Waals surface area contributed by atoms with Gasteiger partial charge in [-0.2, -0.15) is 0 Å². The Hall–Kier alpha value is -1.60. The van der Waals surface area contributed by atoms with Crippen LogP contribution in [0.3, 0.4) is 0 Å². The van der Waals surface area contributed by atoms with E-state index in [4.69, 9.17) is 16.6 Å². The fourth-order valence-electron chi connectivity index (χ4n) is 1.92. The normalized spacial score (nSPS) is 19.1. The van der Waals surface area contributed by atoms with E-state index in [9.17, 15) is 14.7 Å². The Balaban J connectivity index is 2.31. The lowest BCUT2D eigenvalue weighted by Crippen LogP contribution is -2.47. The molecule has 1 aromatic heterocycles. The summed E-state index contributed by atoms with van der Waals surface area (Å²) in [6.45, 7) is 3.49. The fourth-order valence-corrected chi connectivity index (χ4v) is 3.23. The van der Waals surface area contributed by atoms with Crippen molar-refractivity contribution >= 4 is 46.3 Å². The zero-order valence-corrected chi connectivity index (χ0v) is 12.5. The maximum absolute atomic E-state index is 12.3. The highest BCUT2D eigenvalue weighted by Gasteiger charge is 2.41. The largest absolute Gasteiger partial charge is 0.480 e. The van der Waals surface area contributed by atoms with Crippen molar-refractivity contribution in [3.8, 4) is 0 Å². The number of aliphatic carboxylic acids is 1. The minimum Gasteiger partial charge on any atom is -0.480 e. The van der Waals surface area contributed by atoms with E-state index in [1.165, 1.54) is 11.2 Å². The average molecular weight is 311 g/mol. The molecule has 0 radical (unpaired) electrons. The van der Waals surface area contributed by atoms with E-state index in [2.05, 4.69) is 0 Å². The van der Waals surface area contributed by atoms with Gasteiger partial charge in [0.05, 0.1) is 11.2 Å². The summed E-state index contributed by atoms with van der Waals surface area (Å²) in [5, 5.41) is 9.28. The number of carboxylic acid groups (broad SMARTS) is 1. The maximum atomic E-state index is 12.3. The number of thioether (sulfide) groups is 1. The summed E-state index contributed by atoms with van der Waals surface area (Å²) in [6, 6.07) is 2.47. The summed E-state index contributed by atoms with van der Waals surface area (Å²) >= 11 is 6.23. The smallest absolute Gasteiger partial charge is 0.327 e. The van der Waals surface area contributed by atoms with E-state index in [0.29, 0.717) is 10.7 Å². The van der Waals surface area contributed by atoms with E-state index in [1.54, 1.807) is 32.1 Å². The highest BCUT2D eigenvalue weighted by molar-refractivity contribution is 8.26. The Bertz CT molecular complexity index is 577. The molecule has 1 atom stereocenters. The van der Waals surface area contributed by atoms with Gasteiger partial charge in [-0.05, 0) is 18.1 Å². The van der Waals surface area contributed by atoms with Gasteiger partial charge in [0, 0.05) is 6.08 Å². The second-order valence-electron chi connectivity index (χ2n) is 4.59. The first-order valence-electron chi connectivity index (χ1n) is 5.95. The summed E-state index contributed by atoms with van der Waals surface area (Å²) in [4.78, 5) is 25.2. The Kier molecular flexibility index (Phi) is 4.29. The molecule has 1 amide bonds. The van der Waals surface area contributed by atoms with Crippen molar-refractivity contribution in [2.45, 2.75) is 19.9 Å². The molecule has 0 aromatic carbocycles. The van der Waals surface area contributed by atoms with Crippen LogP contribution in [0.5, 0.6) is 0 Å². The molecule has 1 aliphatic heterocycles. The Morgan fingerprint density at radius 3 is 2.75 bits per heavy atom. The molecule has 7 heteroatoms. The molecule has 106 valence electrons. The van der Waals surface area contributed by atoms with E-state index in [1.807, 2.05) is 0 Å². The molecule has 5 nitrogen and oxygen atoms in total. The summed E-state index contributed by atoms with van der Waals surface area (Å²) in [6.07, 6.45) is 3.07. The van der Waals surface area contributed by atoms with Gasteiger partial charge >= 0.3 is 5.97 Å². The topological polar surface area (TPSA) is 70.8 Å². The van der Waals surface area contributed by atoms with E-state index in [0.717, 1.165) is 11.8 Å². The molecule has 0 saturated carbocycles. The van der Waals surface area contributed by atoms with Gasteiger partial charge in [-0.25, -0.2) is 4.79 Å². The molecule has 2 rings (SSSR count). The maximum Gasteiger partial charge on any atom is 0.327 e. The molecule has 1 aromatic rings. The molecular formula is C13H13NO4S2. The van der Waals surface area contributed by atoms with Crippen molar-refractivity contribution in [3.63, 3.8) is 0 Å². The lowest BCUT2D eigenvalue weighted by molar-refractivity contribution is -0.146. The summed E-state index contributed by atoms with van der Waals surface area (Å²) in [7, 11) is 0. The number of furan rings is 1. The highest BCUT2D eigenvalue weighted by Crippen LogP contribution is 2.35. The third kappa shape index (κ3) is 2.78. The number of amides is 1. The first-order chi connectivity index (χ1) is 9.41. The minimum absolute atomic E-state index is 0.238. The Labute approximate surface area is 125 Å². The SMILES string of the molecule is CC(C)[C@H](C(=O)O)N1C(=O)C(=Cc2ccco2)SC1=S. The quantitative estimate of drug-likeness (QED) is 0.681. The van der Waals surface area contributed by atoms with E-state index < -0.39 is 17.9 Å². The number of carbonyl (C=O) groups is 2. The zero-order valence-electron chi connectivity index (χ0n) is 10.9. The van der Waals surface area contributed by atoms with Crippen molar-refractivity contribution in [1.29, 1.82) is 0 Å². The van der Waals surface area contributed by atoms with Gasteiger partial charge < -0.3 is 9.52 Å². The van der Waals surface area contributed by atoms with Gasteiger partial charge in [0.15, 0.2) is 0 Å². The van der Waals surface area contributed by atoms with Gasteiger partial charge in [0.2, 0.25) is 0 Å². The Morgan fingerprint density at radius 1 is 1.55 bits per heavy atom. The average Bonchev–Trinajstić information content (AvgIpc) is 2.93. The molecule has 1 N–H and O–H groups in total. The van der Waals surface area contributed by atoms with Crippen LogP contribution in [0.2, 0.25) is 0 Å². The second-order valence-corrected chi connectivity index (χ2v) is 6.27. The number of hydrogen-bond donors (Lipinski definition) is 1. The van der Waals surface area contributed by atoms with Crippen molar-refractivity contribution in [2.75, 3.05) is 0 Å². The lowest BCUT2D eigenvalue weighted by Gasteiger charge is -2.26. The van der Waals surface area contributed by atoms with Crippen molar-refractivity contribution in [1.82, 2.24) is 4.90 Å². The van der Waals surface area contributed by atoms with Crippen LogP contribution in [0.25, 0.3) is 6.08 Å². The molecule has 1 aliphatic rings. The van der Waals surface area contributed by atoms with Crippen LogP contribution >= 0.6 is 24.0 Å². The number of thiocarbonyl (C=S) groups is 1.